The van der Waals surface area contributed by atoms with Gasteiger partial charge in [-0.05, 0) is 25.8 Å². The molecule has 0 saturated heterocycles. The molecule has 0 radical (unpaired) electrons. The third-order valence-corrected chi connectivity index (χ3v) is 1.27. The molecule has 0 saturated carbocycles. The zero-order chi connectivity index (χ0) is 7.11. The molecule has 0 bridgehead atoms. The summed E-state index contributed by atoms with van der Waals surface area (Å²) in [4.78, 5) is 0. The fourth-order valence-electron chi connectivity index (χ4n) is 0.712. The summed E-state index contributed by atoms with van der Waals surface area (Å²) in [6.07, 6.45) is 2.54. The zero-order valence-corrected chi connectivity index (χ0v) is 9.96. The lowest BCUT2D eigenvalue weighted by atomic mass is 10.1. The SMILES string of the molecule is Br.Br.NCCC(N)CCCO. The first-order valence-electron chi connectivity index (χ1n) is 3.37. The van der Waals surface area contributed by atoms with E-state index < -0.39 is 0 Å². The highest BCUT2D eigenvalue weighted by molar-refractivity contribution is 8.93. The van der Waals surface area contributed by atoms with Crippen LogP contribution in [0.15, 0.2) is 0 Å². The predicted octanol–water partition coefficient (Wildman–Crippen LogP) is 0.591. The molecule has 0 aromatic carbocycles. The van der Waals surface area contributed by atoms with Crippen LogP contribution in [0.1, 0.15) is 19.3 Å². The van der Waals surface area contributed by atoms with E-state index in [2.05, 4.69) is 0 Å². The number of halogens is 2. The van der Waals surface area contributed by atoms with Crippen molar-refractivity contribution in [3.8, 4) is 0 Å². The fraction of sp³-hybridized carbons (Fsp3) is 1.00. The van der Waals surface area contributed by atoms with Crippen molar-refractivity contribution < 1.29 is 5.11 Å². The Balaban J connectivity index is -0.000000320. The molecule has 0 aliphatic heterocycles. The summed E-state index contributed by atoms with van der Waals surface area (Å²) in [6.45, 7) is 0.880. The van der Waals surface area contributed by atoms with E-state index in [0.717, 1.165) is 19.3 Å². The molecular weight excluding hydrogens is 276 g/mol. The monoisotopic (exact) mass is 292 g/mol. The Labute approximate surface area is 89.1 Å². The highest BCUT2D eigenvalue weighted by atomic mass is 79.9. The number of aliphatic hydroxyl groups is 1. The molecule has 1 atom stereocenters. The highest BCUT2D eigenvalue weighted by Gasteiger charge is 1.98. The average molecular weight is 294 g/mol. The topological polar surface area (TPSA) is 72.3 Å². The molecular formula is C6H18Br2N2O. The number of hydrogen-bond acceptors (Lipinski definition) is 3. The Bertz CT molecular complexity index is 66.5. The van der Waals surface area contributed by atoms with E-state index in [1.54, 1.807) is 0 Å². The van der Waals surface area contributed by atoms with Crippen molar-refractivity contribution in [3.63, 3.8) is 0 Å². The van der Waals surface area contributed by atoms with Crippen molar-refractivity contribution in [3.05, 3.63) is 0 Å². The molecule has 5 N–H and O–H groups in total. The van der Waals surface area contributed by atoms with Crippen LogP contribution >= 0.6 is 34.0 Å². The minimum absolute atomic E-state index is 0. The van der Waals surface area contributed by atoms with Gasteiger partial charge in [0.25, 0.3) is 0 Å². The molecule has 0 aromatic heterocycles. The van der Waals surface area contributed by atoms with Crippen molar-refractivity contribution in [1.82, 2.24) is 0 Å². The normalized spacial score (nSPS) is 11.2. The summed E-state index contributed by atoms with van der Waals surface area (Å²) in [5, 5.41) is 8.40. The van der Waals surface area contributed by atoms with Crippen molar-refractivity contribution >= 4 is 34.0 Å². The van der Waals surface area contributed by atoms with Gasteiger partial charge in [0.15, 0.2) is 0 Å². The maximum absolute atomic E-state index is 8.40. The smallest absolute Gasteiger partial charge is 0.0431 e. The van der Waals surface area contributed by atoms with Crippen LogP contribution in [0, 0.1) is 0 Å². The van der Waals surface area contributed by atoms with Gasteiger partial charge in [-0.25, -0.2) is 0 Å². The quantitative estimate of drug-likeness (QED) is 0.695. The number of aliphatic hydroxyl groups excluding tert-OH is 1. The fourth-order valence-corrected chi connectivity index (χ4v) is 0.712. The Morgan fingerprint density at radius 3 is 2.09 bits per heavy atom. The molecule has 0 amide bonds. The van der Waals surface area contributed by atoms with Gasteiger partial charge in [-0.15, -0.1) is 34.0 Å². The number of hydrogen-bond donors (Lipinski definition) is 3. The van der Waals surface area contributed by atoms with Crippen LogP contribution < -0.4 is 11.5 Å². The lowest BCUT2D eigenvalue weighted by Gasteiger charge is -2.07. The second-order valence-electron chi connectivity index (χ2n) is 2.20. The summed E-state index contributed by atoms with van der Waals surface area (Å²) in [5.41, 5.74) is 10.8. The maximum Gasteiger partial charge on any atom is 0.0431 e. The summed E-state index contributed by atoms with van der Waals surface area (Å²) >= 11 is 0. The average Bonchev–Trinajstić information content (AvgIpc) is 1.85. The van der Waals surface area contributed by atoms with Crippen molar-refractivity contribution in [2.45, 2.75) is 25.3 Å². The molecule has 5 heteroatoms. The van der Waals surface area contributed by atoms with E-state index in [9.17, 15) is 0 Å². The van der Waals surface area contributed by atoms with Crippen LogP contribution in [0.25, 0.3) is 0 Å². The van der Waals surface area contributed by atoms with Crippen LogP contribution in [0.4, 0.5) is 0 Å². The third kappa shape index (κ3) is 13.8. The number of nitrogens with two attached hydrogens (primary N) is 2. The molecule has 72 valence electrons. The molecule has 1 unspecified atom stereocenters. The highest BCUT2D eigenvalue weighted by Crippen LogP contribution is 1.95. The van der Waals surface area contributed by atoms with Crippen LogP contribution in [0.5, 0.6) is 0 Å². The molecule has 3 nitrogen and oxygen atoms in total. The summed E-state index contributed by atoms with van der Waals surface area (Å²) < 4.78 is 0. The van der Waals surface area contributed by atoms with E-state index in [0.29, 0.717) is 6.54 Å². The van der Waals surface area contributed by atoms with Gasteiger partial charge >= 0.3 is 0 Å². The lowest BCUT2D eigenvalue weighted by Crippen LogP contribution is -2.23. The second-order valence-corrected chi connectivity index (χ2v) is 2.20. The van der Waals surface area contributed by atoms with E-state index in [4.69, 9.17) is 16.6 Å². The van der Waals surface area contributed by atoms with Gasteiger partial charge in [0.1, 0.15) is 0 Å². The standard InChI is InChI=1S/C6H16N2O.2BrH/c7-4-3-6(8)2-1-5-9;;/h6,9H,1-5,7-8H2;2*1H. The molecule has 0 aromatic rings. The van der Waals surface area contributed by atoms with Crippen LogP contribution in [-0.2, 0) is 0 Å². The van der Waals surface area contributed by atoms with Crippen molar-refractivity contribution in [1.29, 1.82) is 0 Å². The van der Waals surface area contributed by atoms with Gasteiger partial charge in [-0.3, -0.25) is 0 Å². The van der Waals surface area contributed by atoms with E-state index in [1.807, 2.05) is 0 Å². The van der Waals surface area contributed by atoms with Crippen molar-refractivity contribution in [2.75, 3.05) is 13.2 Å². The lowest BCUT2D eigenvalue weighted by molar-refractivity contribution is 0.278. The van der Waals surface area contributed by atoms with E-state index in [1.165, 1.54) is 0 Å². The largest absolute Gasteiger partial charge is 0.396 e. The van der Waals surface area contributed by atoms with Gasteiger partial charge in [0.2, 0.25) is 0 Å². The van der Waals surface area contributed by atoms with E-state index >= 15 is 0 Å². The molecule has 0 heterocycles. The Kier molecular flexibility index (Phi) is 21.7. The Morgan fingerprint density at radius 2 is 1.73 bits per heavy atom. The van der Waals surface area contributed by atoms with E-state index in [-0.39, 0.29) is 46.6 Å². The summed E-state index contributed by atoms with van der Waals surface area (Å²) in [6, 6.07) is 0.183. The second kappa shape index (κ2) is 13.4. The minimum Gasteiger partial charge on any atom is -0.396 e. The van der Waals surface area contributed by atoms with Crippen molar-refractivity contribution in [2.24, 2.45) is 11.5 Å². The van der Waals surface area contributed by atoms with Crippen LogP contribution in [0.2, 0.25) is 0 Å². The Morgan fingerprint density at radius 1 is 1.18 bits per heavy atom. The predicted molar refractivity (Wildman–Crippen MR) is 58.6 cm³/mol. The van der Waals surface area contributed by atoms with Gasteiger partial charge < -0.3 is 16.6 Å². The van der Waals surface area contributed by atoms with Crippen LogP contribution in [-0.4, -0.2) is 24.3 Å². The number of rotatable bonds is 5. The molecule has 0 aliphatic rings. The maximum atomic E-state index is 8.40. The molecule has 0 fully saturated rings. The first kappa shape index (κ1) is 17.8. The molecule has 0 aliphatic carbocycles. The third-order valence-electron chi connectivity index (χ3n) is 1.27. The molecule has 11 heavy (non-hydrogen) atoms. The van der Waals surface area contributed by atoms with Crippen LogP contribution in [0.3, 0.4) is 0 Å². The minimum atomic E-state index is 0. The summed E-state index contributed by atoms with van der Waals surface area (Å²) in [7, 11) is 0. The first-order chi connectivity index (χ1) is 4.31. The first-order valence-corrected chi connectivity index (χ1v) is 3.37. The summed E-state index contributed by atoms with van der Waals surface area (Å²) in [5.74, 6) is 0. The molecule has 0 spiro atoms. The van der Waals surface area contributed by atoms with Gasteiger partial charge in [-0.1, -0.05) is 0 Å². The Hall–Kier alpha value is 0.840. The van der Waals surface area contributed by atoms with Gasteiger partial charge in [-0.2, -0.15) is 0 Å². The van der Waals surface area contributed by atoms with Gasteiger partial charge in [0.05, 0.1) is 0 Å². The molecule has 0 rings (SSSR count). The van der Waals surface area contributed by atoms with Gasteiger partial charge in [0, 0.05) is 12.6 Å². The zero-order valence-electron chi connectivity index (χ0n) is 6.53.